The maximum absolute atomic E-state index is 5.40. The van der Waals surface area contributed by atoms with Crippen molar-refractivity contribution >= 4 is 43.6 Å². The van der Waals surface area contributed by atoms with E-state index in [4.69, 9.17) is 29.9 Å². The Labute approximate surface area is 566 Å². The Morgan fingerprint density at radius 3 is 0.908 bits per heavy atom. The highest BCUT2D eigenvalue weighted by atomic mass is 15.2. The lowest BCUT2D eigenvalue weighted by Crippen LogP contribution is -2.07. The standard InChI is InChI=1S/C90H58N8/c1-6-23-59(24-7-1)61-45-51-68(52-46-61)87-91-85(66-29-12-4-13-30-66)93-89(95-87)97-81-41-18-16-37-76(81)78-40-22-39-75(83(78)97)65-49-43-62(44-50-65)70-33-20-35-72(55-70)73-36-21-34-71(56-73)63-47-53-69(54-48-63)88-92-86(67-31-14-5-15-32-67)94-90(96-88)98-82-42-19-17-38-77(82)80-58-74(60-25-8-2-9-26-60)57-79(84(80)98)64-27-10-3-11-28-64/h1-58H. The van der Waals surface area contributed by atoms with Gasteiger partial charge < -0.3 is 0 Å². The summed E-state index contributed by atoms with van der Waals surface area (Å²) in [4.78, 5) is 31.7. The van der Waals surface area contributed by atoms with Crippen LogP contribution in [0.2, 0.25) is 0 Å². The molecule has 4 aromatic heterocycles. The third-order valence-corrected chi connectivity index (χ3v) is 18.7. The van der Waals surface area contributed by atoms with Crippen LogP contribution in [-0.2, 0) is 0 Å². The molecule has 18 rings (SSSR count). The van der Waals surface area contributed by atoms with Crippen LogP contribution in [0.3, 0.4) is 0 Å². The van der Waals surface area contributed by atoms with Crippen LogP contribution in [0.1, 0.15) is 0 Å². The number of para-hydroxylation sites is 3. The number of nitrogens with zero attached hydrogens (tertiary/aromatic N) is 8. The summed E-state index contributed by atoms with van der Waals surface area (Å²) in [5.41, 5.74) is 23.3. The van der Waals surface area contributed by atoms with E-state index < -0.39 is 0 Å². The maximum Gasteiger partial charge on any atom is 0.238 e. The van der Waals surface area contributed by atoms with Gasteiger partial charge in [-0.1, -0.05) is 315 Å². The van der Waals surface area contributed by atoms with Gasteiger partial charge in [0.15, 0.2) is 23.3 Å². The van der Waals surface area contributed by atoms with Gasteiger partial charge in [0.05, 0.1) is 22.1 Å². The molecule has 0 saturated carbocycles. The Balaban J connectivity index is 0.670. The fourth-order valence-corrected chi connectivity index (χ4v) is 13.9. The molecule has 18 aromatic rings. The highest BCUT2D eigenvalue weighted by Crippen LogP contribution is 2.43. The molecule has 0 aliphatic rings. The van der Waals surface area contributed by atoms with E-state index in [1.165, 1.54) is 0 Å². The van der Waals surface area contributed by atoms with Crippen LogP contribution in [0.15, 0.2) is 352 Å². The van der Waals surface area contributed by atoms with E-state index in [1.54, 1.807) is 0 Å². The van der Waals surface area contributed by atoms with E-state index in [0.717, 1.165) is 144 Å². The molecule has 4 heterocycles. The summed E-state index contributed by atoms with van der Waals surface area (Å²) < 4.78 is 4.45. The summed E-state index contributed by atoms with van der Waals surface area (Å²) in [5, 5.41) is 4.47. The average Bonchev–Trinajstić information content (AvgIpc) is 1.57. The maximum atomic E-state index is 5.40. The van der Waals surface area contributed by atoms with Gasteiger partial charge >= 0.3 is 0 Å². The van der Waals surface area contributed by atoms with Gasteiger partial charge in [0.25, 0.3) is 0 Å². The largest absolute Gasteiger partial charge is 0.277 e. The Morgan fingerprint density at radius 2 is 0.449 bits per heavy atom. The zero-order valence-corrected chi connectivity index (χ0v) is 53.1. The van der Waals surface area contributed by atoms with E-state index >= 15 is 0 Å². The van der Waals surface area contributed by atoms with Crippen molar-refractivity contribution in [3.8, 4) is 135 Å². The summed E-state index contributed by atoms with van der Waals surface area (Å²) in [7, 11) is 0. The van der Waals surface area contributed by atoms with Crippen molar-refractivity contribution in [1.82, 2.24) is 39.0 Å². The molecule has 0 atom stereocenters. The number of benzene rings is 14. The lowest BCUT2D eigenvalue weighted by molar-refractivity contribution is 0.953. The highest BCUT2D eigenvalue weighted by Gasteiger charge is 2.24. The molecule has 458 valence electrons. The molecule has 0 unspecified atom stereocenters. The van der Waals surface area contributed by atoms with Crippen molar-refractivity contribution in [3.63, 3.8) is 0 Å². The number of hydrogen-bond donors (Lipinski definition) is 0. The molecule has 0 aliphatic carbocycles. The Morgan fingerprint density at radius 1 is 0.163 bits per heavy atom. The fourth-order valence-electron chi connectivity index (χ4n) is 13.9. The lowest BCUT2D eigenvalue weighted by Gasteiger charge is -2.14. The summed E-state index contributed by atoms with van der Waals surface area (Å²) in [6, 6.07) is 124. The zero-order valence-electron chi connectivity index (χ0n) is 53.1. The Bertz CT molecular complexity index is 5990. The molecule has 0 aliphatic heterocycles. The van der Waals surface area contributed by atoms with Crippen molar-refractivity contribution in [3.05, 3.63) is 352 Å². The molecule has 0 amide bonds. The van der Waals surface area contributed by atoms with Crippen molar-refractivity contribution in [2.45, 2.75) is 0 Å². The van der Waals surface area contributed by atoms with Crippen LogP contribution < -0.4 is 0 Å². The van der Waals surface area contributed by atoms with Gasteiger partial charge in [-0.2, -0.15) is 19.9 Å². The van der Waals surface area contributed by atoms with Crippen molar-refractivity contribution in [1.29, 1.82) is 0 Å². The molecule has 0 saturated heterocycles. The van der Waals surface area contributed by atoms with Gasteiger partial charge in [0, 0.05) is 54.9 Å². The summed E-state index contributed by atoms with van der Waals surface area (Å²) in [6.45, 7) is 0. The van der Waals surface area contributed by atoms with E-state index in [-0.39, 0.29) is 0 Å². The molecular formula is C90H58N8. The Hall–Kier alpha value is -13.3. The smallest absolute Gasteiger partial charge is 0.238 e. The quantitative estimate of drug-likeness (QED) is 0.114. The summed E-state index contributed by atoms with van der Waals surface area (Å²) in [6.07, 6.45) is 0. The molecule has 98 heavy (non-hydrogen) atoms. The molecule has 0 bridgehead atoms. The lowest BCUT2D eigenvalue weighted by atomic mass is 9.95. The van der Waals surface area contributed by atoms with Crippen LogP contribution in [0, 0.1) is 0 Å². The third kappa shape index (κ3) is 10.6. The number of fused-ring (bicyclic) bond motifs is 6. The second kappa shape index (κ2) is 24.6. The second-order valence-corrected chi connectivity index (χ2v) is 24.6. The van der Waals surface area contributed by atoms with Crippen molar-refractivity contribution in [2.24, 2.45) is 0 Å². The SMILES string of the molecule is c1ccc(-c2ccc(-c3nc(-c4ccccc4)nc(-n4c5ccccc5c5cccc(-c6ccc(-c7cccc(-c8cccc(-c9ccc(-c%10nc(-c%11ccccc%11)nc(-n%11c%12ccccc%12c%12cc(-c%13ccccc%13)cc(-c%13ccccc%13)c%12%11)n%10)cc9)c8)c7)cc6)c54)n3)cc2)cc1. The van der Waals surface area contributed by atoms with Gasteiger partial charge in [0.1, 0.15) is 0 Å². The first-order chi connectivity index (χ1) is 48.6. The topological polar surface area (TPSA) is 87.2 Å². The predicted molar refractivity (Wildman–Crippen MR) is 402 cm³/mol. The molecule has 8 heteroatoms. The van der Waals surface area contributed by atoms with E-state index in [1.807, 2.05) is 42.5 Å². The molecule has 8 nitrogen and oxygen atoms in total. The molecule has 0 N–H and O–H groups in total. The van der Waals surface area contributed by atoms with Crippen LogP contribution in [-0.4, -0.2) is 39.0 Å². The average molecular weight is 1250 g/mol. The Kier molecular flexibility index (Phi) is 14.4. The first-order valence-electron chi connectivity index (χ1n) is 33.0. The minimum absolute atomic E-state index is 0.545. The normalized spacial score (nSPS) is 11.5. The fraction of sp³-hybridized carbons (Fsp3) is 0. The molecule has 0 radical (unpaired) electrons. The number of rotatable bonds is 13. The van der Waals surface area contributed by atoms with E-state index in [9.17, 15) is 0 Å². The van der Waals surface area contributed by atoms with Crippen LogP contribution >= 0.6 is 0 Å². The van der Waals surface area contributed by atoms with Crippen LogP contribution in [0.4, 0.5) is 0 Å². The minimum atomic E-state index is 0.545. The van der Waals surface area contributed by atoms with Crippen molar-refractivity contribution < 1.29 is 0 Å². The van der Waals surface area contributed by atoms with Gasteiger partial charge in [-0.3, -0.25) is 9.13 Å². The summed E-state index contributed by atoms with van der Waals surface area (Å²) >= 11 is 0. The molecule has 0 fully saturated rings. The highest BCUT2D eigenvalue weighted by molar-refractivity contribution is 6.16. The minimum Gasteiger partial charge on any atom is -0.277 e. The van der Waals surface area contributed by atoms with Gasteiger partial charge in [-0.25, -0.2) is 9.97 Å². The van der Waals surface area contributed by atoms with E-state index in [0.29, 0.717) is 35.2 Å². The van der Waals surface area contributed by atoms with Gasteiger partial charge in [0.2, 0.25) is 11.9 Å². The number of aromatic nitrogens is 8. The zero-order chi connectivity index (χ0) is 64.9. The monoisotopic (exact) mass is 1250 g/mol. The van der Waals surface area contributed by atoms with Crippen molar-refractivity contribution in [2.75, 3.05) is 0 Å². The summed E-state index contributed by atoms with van der Waals surface area (Å²) in [5.74, 6) is 3.48. The molecule has 0 spiro atoms. The number of hydrogen-bond acceptors (Lipinski definition) is 6. The first kappa shape index (κ1) is 57.4. The second-order valence-electron chi connectivity index (χ2n) is 24.6. The van der Waals surface area contributed by atoms with Crippen LogP contribution in [0.5, 0.6) is 0 Å². The molecule has 14 aromatic carbocycles. The third-order valence-electron chi connectivity index (χ3n) is 18.7. The first-order valence-corrected chi connectivity index (χ1v) is 33.0. The van der Waals surface area contributed by atoms with Crippen LogP contribution in [0.25, 0.3) is 179 Å². The predicted octanol–water partition coefficient (Wildman–Crippen LogP) is 22.6. The van der Waals surface area contributed by atoms with Gasteiger partial charge in [-0.05, 0) is 103 Å². The van der Waals surface area contributed by atoms with Gasteiger partial charge in [-0.15, -0.1) is 0 Å². The van der Waals surface area contributed by atoms with E-state index in [2.05, 4.69) is 319 Å². The molecular weight excluding hydrogens is 1190 g/mol.